The number of phosphoric acid groups is 1. The average Bonchev–Trinajstić information content (AvgIpc) is 3.89. The molecule has 0 aromatic carbocycles. The normalized spacial score (nSPS) is 21.8. The lowest BCUT2D eigenvalue weighted by atomic mass is 10.0. The van der Waals surface area contributed by atoms with Crippen LogP contribution in [-0.4, -0.2) is 96.1 Å². The Morgan fingerprint density at radius 1 is 0.603 bits per heavy atom. The molecule has 6 N–H and O–H groups in total. The number of rotatable bonds is 44. The third kappa shape index (κ3) is 24.8. The Morgan fingerprint density at radius 3 is 1.49 bits per heavy atom. The van der Waals surface area contributed by atoms with Crippen LogP contribution in [0.2, 0.25) is 0 Å². The number of aliphatic hydroxyl groups excluding tert-OH is 3. The molecule has 8 atom stereocenters. The van der Waals surface area contributed by atoms with Crippen molar-refractivity contribution in [3.05, 3.63) is 45.2 Å². The number of hydrogen-bond donors (Lipinski definition) is 6. The van der Waals surface area contributed by atoms with Crippen molar-refractivity contribution in [2.24, 2.45) is 0 Å². The van der Waals surface area contributed by atoms with Gasteiger partial charge in [0, 0.05) is 25.7 Å². The van der Waals surface area contributed by atoms with Crippen LogP contribution in [0.1, 0.15) is 238 Å². The molecule has 17 nitrogen and oxygen atoms in total. The molecule has 8 unspecified atom stereocenters. The zero-order valence-electron chi connectivity index (χ0n) is 44.7. The summed E-state index contributed by atoms with van der Waals surface area (Å²) in [7, 11) is -4.86. The van der Waals surface area contributed by atoms with Crippen LogP contribution in [0, 0.1) is 5.82 Å². The number of aromatic nitrogens is 4. The van der Waals surface area contributed by atoms with Crippen LogP contribution >= 0.6 is 7.82 Å². The summed E-state index contributed by atoms with van der Waals surface area (Å²) in [5.41, 5.74) is -1.53. The highest BCUT2D eigenvalue weighted by Gasteiger charge is 2.45. The van der Waals surface area contributed by atoms with E-state index in [-0.39, 0.29) is 12.2 Å². The van der Waals surface area contributed by atoms with Crippen molar-refractivity contribution in [2.45, 2.75) is 269 Å². The van der Waals surface area contributed by atoms with Gasteiger partial charge in [0.05, 0.1) is 25.5 Å². The number of nitrogens with zero attached hydrogens (tertiary/aromatic N) is 4. The molecule has 2 saturated heterocycles. The number of unbranched alkanes of at least 4 members (excludes halogenated alkanes) is 30. The van der Waals surface area contributed by atoms with E-state index in [1.54, 1.807) is 6.07 Å². The van der Waals surface area contributed by atoms with E-state index in [0.717, 1.165) is 53.9 Å². The molecule has 4 heterocycles. The first-order chi connectivity index (χ1) is 35.4. The van der Waals surface area contributed by atoms with Gasteiger partial charge in [-0.3, -0.25) is 18.2 Å². The number of aliphatic hydroxyl groups is 3. The molecule has 19 heteroatoms. The Bertz CT molecular complexity index is 1930. The minimum Gasteiger partial charge on any atom is -0.390 e. The van der Waals surface area contributed by atoms with Gasteiger partial charge < -0.3 is 40.3 Å². The molecule has 420 valence electrons. The second-order valence-corrected chi connectivity index (χ2v) is 22.1. The van der Waals surface area contributed by atoms with Crippen LogP contribution in [0.5, 0.6) is 0 Å². The molecule has 0 radical (unpaired) electrons. The van der Waals surface area contributed by atoms with Gasteiger partial charge in [0.1, 0.15) is 36.5 Å². The van der Waals surface area contributed by atoms with E-state index >= 15 is 4.39 Å². The van der Waals surface area contributed by atoms with Crippen molar-refractivity contribution in [2.75, 3.05) is 36.9 Å². The molecule has 73 heavy (non-hydrogen) atoms. The van der Waals surface area contributed by atoms with Crippen LogP contribution in [0.15, 0.2) is 28.0 Å². The summed E-state index contributed by atoms with van der Waals surface area (Å²) in [6.07, 6.45) is 33.3. The van der Waals surface area contributed by atoms with Crippen molar-refractivity contribution >= 4 is 19.5 Å². The summed E-state index contributed by atoms with van der Waals surface area (Å²) in [5, 5.41) is 38.2. The first-order valence-corrected chi connectivity index (χ1v) is 30.3. The quantitative estimate of drug-likeness (QED) is 0.0268. The van der Waals surface area contributed by atoms with Gasteiger partial charge >= 0.3 is 19.2 Å². The van der Waals surface area contributed by atoms with Gasteiger partial charge in [0.25, 0.3) is 0 Å². The number of hydrogen-bond acceptors (Lipinski definition) is 14. The molecule has 2 fully saturated rings. The highest BCUT2D eigenvalue weighted by Crippen LogP contribution is 2.45. The summed E-state index contributed by atoms with van der Waals surface area (Å²) in [4.78, 5) is 44.2. The summed E-state index contributed by atoms with van der Waals surface area (Å²) in [5.74, 6) is -0.565. The zero-order chi connectivity index (χ0) is 52.5. The first kappa shape index (κ1) is 62.7. The predicted molar refractivity (Wildman–Crippen MR) is 285 cm³/mol. The Labute approximate surface area is 435 Å². The fraction of sp³-hybridized carbons (Fsp3) is 0.852. The van der Waals surface area contributed by atoms with Gasteiger partial charge in [0.15, 0.2) is 17.9 Å². The van der Waals surface area contributed by atoms with Crippen molar-refractivity contribution in [1.29, 1.82) is 0 Å². The minimum absolute atomic E-state index is 0.149. The third-order valence-corrected chi connectivity index (χ3v) is 15.3. The van der Waals surface area contributed by atoms with Crippen molar-refractivity contribution in [3.8, 4) is 0 Å². The van der Waals surface area contributed by atoms with Crippen LogP contribution in [0.3, 0.4) is 0 Å². The molecular weight excluding hydrogens is 959 g/mol. The van der Waals surface area contributed by atoms with E-state index < -0.39 is 81.2 Å². The minimum atomic E-state index is -4.86. The Kier molecular flexibility index (Phi) is 31.8. The van der Waals surface area contributed by atoms with Crippen molar-refractivity contribution < 1.29 is 47.7 Å². The topological polar surface area (TPSA) is 229 Å². The standard InChI is InChI=1S/C54H96FN6O11P/c1-3-5-7-9-11-13-15-17-19-21-23-25-27-29-31-33-36-56-47-35-38-60(53(65)58-47)52-50(64)49(63)46(72-52)42-70-73(67,68)69-41-45-44(62)39-48(71-45)61-40-43(55)51(59-54(61)66)57-37-34-32-30-28-26-24-22-20-18-16-14-12-10-8-6-4-2/h35,38,40,44-46,48-50,52,62-64H,3-34,36-37,39,41-42H2,1-2H3,(H,67,68)(H,56,58,65)(H,57,59,66). The SMILES string of the molecule is CCCCCCCCCCCCCCCCCCNc1ccn(C2OC(COP(=O)(O)OCC3OC(n4cc(F)c(NCCCCCCCCCCCCCCCCCC)nc4=O)CC3O)C(O)C2O)c(=O)n1. The van der Waals surface area contributed by atoms with Gasteiger partial charge in [-0.15, -0.1) is 0 Å². The molecular formula is C54H96FN6O11P. The summed E-state index contributed by atoms with van der Waals surface area (Å²) in [6, 6.07) is 1.57. The van der Waals surface area contributed by atoms with Crippen molar-refractivity contribution in [3.63, 3.8) is 0 Å². The summed E-state index contributed by atoms with van der Waals surface area (Å²) in [6.45, 7) is 4.26. The molecule has 0 bridgehead atoms. The lowest BCUT2D eigenvalue weighted by Gasteiger charge is -2.20. The maximum atomic E-state index is 15.1. The number of anilines is 2. The lowest BCUT2D eigenvalue weighted by Crippen LogP contribution is -2.36. The van der Waals surface area contributed by atoms with Crippen LogP contribution in [0.25, 0.3) is 0 Å². The van der Waals surface area contributed by atoms with E-state index in [9.17, 15) is 34.4 Å². The smallest absolute Gasteiger partial charge is 0.390 e. The second kappa shape index (κ2) is 37.1. The molecule has 2 aromatic rings. The molecule has 0 spiro atoms. The van der Waals surface area contributed by atoms with Gasteiger partial charge in [-0.1, -0.05) is 206 Å². The third-order valence-electron chi connectivity index (χ3n) is 14.3. The second-order valence-electron chi connectivity index (χ2n) is 20.6. The largest absolute Gasteiger partial charge is 0.472 e. The molecule has 2 aromatic heterocycles. The highest BCUT2D eigenvalue weighted by molar-refractivity contribution is 7.47. The Balaban J connectivity index is 1.06. The van der Waals surface area contributed by atoms with Crippen molar-refractivity contribution in [1.82, 2.24) is 19.1 Å². The predicted octanol–water partition coefficient (Wildman–Crippen LogP) is 11.4. The number of ether oxygens (including phenoxy) is 2. The number of nitrogens with one attached hydrogen (secondary N) is 2. The molecule has 0 aliphatic carbocycles. The highest BCUT2D eigenvalue weighted by atomic mass is 31.2. The fourth-order valence-corrected chi connectivity index (χ4v) is 10.5. The Morgan fingerprint density at radius 2 is 1.03 bits per heavy atom. The van der Waals surface area contributed by atoms with Gasteiger partial charge in [0.2, 0.25) is 0 Å². The van der Waals surface area contributed by atoms with Gasteiger partial charge in [-0.05, 0) is 18.9 Å². The molecule has 2 aliphatic heterocycles. The van der Waals surface area contributed by atoms with E-state index in [1.807, 2.05) is 0 Å². The fourth-order valence-electron chi connectivity index (χ4n) is 9.75. The van der Waals surface area contributed by atoms with Gasteiger partial charge in [-0.25, -0.2) is 18.5 Å². The molecule has 0 amide bonds. The van der Waals surface area contributed by atoms with Crippen LogP contribution in [0.4, 0.5) is 16.0 Å². The molecule has 0 saturated carbocycles. The lowest BCUT2D eigenvalue weighted by molar-refractivity contribution is -0.0618. The first-order valence-electron chi connectivity index (χ1n) is 28.8. The van der Waals surface area contributed by atoms with Crippen LogP contribution in [-0.2, 0) is 23.1 Å². The summed E-state index contributed by atoms with van der Waals surface area (Å²) >= 11 is 0. The molecule has 2 aliphatic rings. The van der Waals surface area contributed by atoms with E-state index in [1.165, 1.54) is 173 Å². The van der Waals surface area contributed by atoms with E-state index in [2.05, 4.69) is 34.4 Å². The number of halogens is 1. The van der Waals surface area contributed by atoms with Crippen LogP contribution < -0.4 is 22.0 Å². The van der Waals surface area contributed by atoms with Gasteiger partial charge in [-0.2, -0.15) is 9.97 Å². The zero-order valence-corrected chi connectivity index (χ0v) is 45.6. The molecule has 4 rings (SSSR count). The summed E-state index contributed by atoms with van der Waals surface area (Å²) < 4.78 is 51.4. The van der Waals surface area contributed by atoms with E-state index in [4.69, 9.17) is 18.5 Å². The maximum Gasteiger partial charge on any atom is 0.472 e. The average molecular weight is 1060 g/mol. The Hall–Kier alpha value is -2.80. The number of phosphoric ester groups is 1. The maximum absolute atomic E-state index is 15.1. The monoisotopic (exact) mass is 1050 g/mol. The van der Waals surface area contributed by atoms with E-state index in [0.29, 0.717) is 18.9 Å².